The number of hydrogen-bond donors (Lipinski definition) is 2. The Bertz CT molecular complexity index is 455. The number of aliphatic carboxylic acids is 1. The normalized spacial score (nSPS) is 16.0. The molecule has 6 heteroatoms. The first-order chi connectivity index (χ1) is 9.16. The fourth-order valence-electron chi connectivity index (χ4n) is 2.33. The largest absolute Gasteiger partial charge is 0.481 e. The van der Waals surface area contributed by atoms with Crippen molar-refractivity contribution in [1.29, 1.82) is 0 Å². The lowest BCUT2D eigenvalue weighted by atomic mass is 9.76. The smallest absolute Gasteiger partial charge is 0.387 e. The van der Waals surface area contributed by atoms with Crippen LogP contribution in [0.2, 0.25) is 0 Å². The fraction of sp³-hybridized carbons (Fsp3) is 0.500. The van der Waals surface area contributed by atoms with E-state index < -0.39 is 24.1 Å². The third-order valence-electron chi connectivity index (χ3n) is 3.20. The van der Waals surface area contributed by atoms with Crippen LogP contribution >= 0.6 is 0 Å². The van der Waals surface area contributed by atoms with Crippen LogP contribution in [-0.2, 0) is 10.4 Å². The van der Waals surface area contributed by atoms with Crippen LogP contribution in [-0.4, -0.2) is 22.8 Å². The van der Waals surface area contributed by atoms with Gasteiger partial charge in [-0.1, -0.05) is 26.0 Å². The maximum absolute atomic E-state index is 12.0. The first-order valence-electron chi connectivity index (χ1n) is 6.16. The zero-order chi connectivity index (χ0) is 15.5. The second-order valence-electron chi connectivity index (χ2n) is 5.11. The molecule has 2 unspecified atom stereocenters. The maximum Gasteiger partial charge on any atom is 0.387 e. The molecule has 0 saturated heterocycles. The van der Waals surface area contributed by atoms with Gasteiger partial charge in [0.15, 0.2) is 0 Å². The number of ether oxygens (including phenoxy) is 1. The molecule has 2 atom stereocenters. The minimum Gasteiger partial charge on any atom is -0.481 e. The molecule has 0 amide bonds. The van der Waals surface area contributed by atoms with Crippen LogP contribution in [0.5, 0.6) is 5.75 Å². The highest BCUT2D eigenvalue weighted by molar-refractivity contribution is 5.72. The van der Waals surface area contributed by atoms with Gasteiger partial charge in [0.1, 0.15) is 11.4 Å². The van der Waals surface area contributed by atoms with Gasteiger partial charge in [-0.25, -0.2) is 0 Å². The van der Waals surface area contributed by atoms with Gasteiger partial charge in [-0.05, 0) is 30.5 Å². The van der Waals surface area contributed by atoms with Crippen molar-refractivity contribution in [2.45, 2.75) is 33.0 Å². The van der Waals surface area contributed by atoms with Gasteiger partial charge in [-0.15, -0.1) is 0 Å². The Hall–Kier alpha value is -1.69. The molecule has 0 aliphatic rings. The van der Waals surface area contributed by atoms with E-state index in [4.69, 9.17) is 0 Å². The molecule has 20 heavy (non-hydrogen) atoms. The van der Waals surface area contributed by atoms with Crippen molar-refractivity contribution in [3.05, 3.63) is 29.8 Å². The van der Waals surface area contributed by atoms with Gasteiger partial charge >= 0.3 is 12.6 Å². The van der Waals surface area contributed by atoms with Crippen molar-refractivity contribution in [2.75, 3.05) is 0 Å². The monoisotopic (exact) mass is 288 g/mol. The van der Waals surface area contributed by atoms with Crippen LogP contribution in [0.1, 0.15) is 26.3 Å². The highest BCUT2D eigenvalue weighted by Crippen LogP contribution is 2.35. The molecular weight excluding hydrogens is 270 g/mol. The van der Waals surface area contributed by atoms with Crippen LogP contribution in [0.15, 0.2) is 24.3 Å². The van der Waals surface area contributed by atoms with Crippen LogP contribution in [0.25, 0.3) is 0 Å². The molecule has 0 fully saturated rings. The first-order valence-corrected chi connectivity index (χ1v) is 6.16. The molecule has 0 aliphatic carbocycles. The van der Waals surface area contributed by atoms with E-state index in [1.54, 1.807) is 13.8 Å². The van der Waals surface area contributed by atoms with Gasteiger partial charge in [-0.3, -0.25) is 4.79 Å². The number of carboxylic acids is 1. The molecule has 2 N–H and O–H groups in total. The van der Waals surface area contributed by atoms with Gasteiger partial charge in [0, 0.05) is 0 Å². The van der Waals surface area contributed by atoms with E-state index in [-0.39, 0.29) is 11.7 Å². The van der Waals surface area contributed by atoms with Crippen LogP contribution in [0, 0.1) is 11.8 Å². The number of benzene rings is 1. The summed E-state index contributed by atoms with van der Waals surface area (Å²) in [5, 5.41) is 19.7. The summed E-state index contributed by atoms with van der Waals surface area (Å²) in [5.74, 6) is -2.46. The molecule has 1 aromatic rings. The van der Waals surface area contributed by atoms with E-state index in [1.165, 1.54) is 31.2 Å². The second kappa shape index (κ2) is 6.17. The topological polar surface area (TPSA) is 66.8 Å². The summed E-state index contributed by atoms with van der Waals surface area (Å²) in [4.78, 5) is 11.3. The number of aliphatic hydroxyl groups is 1. The third kappa shape index (κ3) is 3.66. The van der Waals surface area contributed by atoms with Gasteiger partial charge < -0.3 is 14.9 Å². The molecule has 0 aromatic heterocycles. The standard InChI is InChI=1S/C14H18F2O4/c1-8(2)11(12(17)18)14(3,19)9-4-6-10(7-5-9)20-13(15)16/h4-8,11,13,19H,1-3H3,(H,17,18). The number of halogens is 2. The van der Waals surface area contributed by atoms with Gasteiger partial charge in [0.05, 0.1) is 5.92 Å². The molecule has 1 aromatic carbocycles. The average Bonchev–Trinajstić information content (AvgIpc) is 2.26. The van der Waals surface area contributed by atoms with E-state index in [0.717, 1.165) is 0 Å². The fourth-order valence-corrected chi connectivity index (χ4v) is 2.33. The highest BCUT2D eigenvalue weighted by Gasteiger charge is 2.41. The third-order valence-corrected chi connectivity index (χ3v) is 3.20. The molecule has 0 aliphatic heterocycles. The quantitative estimate of drug-likeness (QED) is 0.844. The van der Waals surface area contributed by atoms with Gasteiger partial charge in [0.25, 0.3) is 0 Å². The zero-order valence-corrected chi connectivity index (χ0v) is 11.5. The Morgan fingerprint density at radius 2 is 1.75 bits per heavy atom. The van der Waals surface area contributed by atoms with Crippen molar-refractivity contribution >= 4 is 5.97 Å². The molecule has 4 nitrogen and oxygen atoms in total. The number of carbonyl (C=O) groups is 1. The number of rotatable bonds is 6. The van der Waals surface area contributed by atoms with E-state index >= 15 is 0 Å². The highest BCUT2D eigenvalue weighted by atomic mass is 19.3. The summed E-state index contributed by atoms with van der Waals surface area (Å²) in [6.45, 7) is 1.86. The molecule has 0 spiro atoms. The van der Waals surface area contributed by atoms with Crippen molar-refractivity contribution in [3.63, 3.8) is 0 Å². The number of alkyl halides is 2. The lowest BCUT2D eigenvalue weighted by molar-refractivity contribution is -0.155. The minimum atomic E-state index is -2.93. The predicted molar refractivity (Wildman–Crippen MR) is 68.6 cm³/mol. The molecule has 0 radical (unpaired) electrons. The summed E-state index contributed by atoms with van der Waals surface area (Å²) < 4.78 is 28.3. The molecule has 112 valence electrons. The van der Waals surface area contributed by atoms with Crippen molar-refractivity contribution in [1.82, 2.24) is 0 Å². The van der Waals surface area contributed by atoms with Crippen LogP contribution in [0.3, 0.4) is 0 Å². The number of carboxylic acid groups (broad SMARTS) is 1. The Labute approximate surface area is 116 Å². The SMILES string of the molecule is CC(C)C(C(=O)O)C(C)(O)c1ccc(OC(F)F)cc1. The summed E-state index contributed by atoms with van der Waals surface area (Å²) in [5.41, 5.74) is -1.27. The Morgan fingerprint density at radius 1 is 1.25 bits per heavy atom. The van der Waals surface area contributed by atoms with E-state index in [0.29, 0.717) is 5.56 Å². The van der Waals surface area contributed by atoms with Crippen molar-refractivity contribution < 1.29 is 28.5 Å². The van der Waals surface area contributed by atoms with Crippen molar-refractivity contribution in [2.24, 2.45) is 11.8 Å². The van der Waals surface area contributed by atoms with Gasteiger partial charge in [-0.2, -0.15) is 8.78 Å². The summed E-state index contributed by atoms with van der Waals surface area (Å²) >= 11 is 0. The number of hydrogen-bond acceptors (Lipinski definition) is 3. The zero-order valence-electron chi connectivity index (χ0n) is 11.5. The Kier molecular flexibility index (Phi) is 5.05. The van der Waals surface area contributed by atoms with E-state index in [9.17, 15) is 23.8 Å². The second-order valence-corrected chi connectivity index (χ2v) is 5.11. The van der Waals surface area contributed by atoms with E-state index in [1.807, 2.05) is 0 Å². The lowest BCUT2D eigenvalue weighted by Gasteiger charge is -2.33. The molecule has 1 rings (SSSR count). The first kappa shape index (κ1) is 16.4. The van der Waals surface area contributed by atoms with E-state index in [2.05, 4.69) is 4.74 Å². The molecule has 0 bridgehead atoms. The maximum atomic E-state index is 12.0. The molecule has 0 saturated carbocycles. The minimum absolute atomic E-state index is 0.0454. The molecule has 0 heterocycles. The summed E-state index contributed by atoms with van der Waals surface area (Å²) in [6.07, 6.45) is 0. The predicted octanol–water partition coefficient (Wildman–Crippen LogP) is 2.85. The van der Waals surface area contributed by atoms with Gasteiger partial charge in [0.2, 0.25) is 0 Å². The summed E-state index contributed by atoms with van der Waals surface area (Å²) in [7, 11) is 0. The van der Waals surface area contributed by atoms with Crippen LogP contribution < -0.4 is 4.74 Å². The van der Waals surface area contributed by atoms with Crippen LogP contribution in [0.4, 0.5) is 8.78 Å². The Morgan fingerprint density at radius 3 is 2.10 bits per heavy atom. The molecular formula is C14H18F2O4. The van der Waals surface area contributed by atoms with Crippen molar-refractivity contribution in [3.8, 4) is 5.75 Å². The lowest BCUT2D eigenvalue weighted by Crippen LogP contribution is -2.40. The Balaban J connectivity index is 3.05. The average molecular weight is 288 g/mol. The summed E-state index contributed by atoms with van der Waals surface area (Å²) in [6, 6.07) is 5.32.